The highest BCUT2D eigenvalue weighted by Crippen LogP contribution is 2.21. The van der Waals surface area contributed by atoms with Crippen molar-refractivity contribution < 1.29 is 19.1 Å². The van der Waals surface area contributed by atoms with E-state index in [0.717, 1.165) is 5.56 Å². The van der Waals surface area contributed by atoms with Gasteiger partial charge in [-0.05, 0) is 38.3 Å². The first kappa shape index (κ1) is 19.7. The zero-order valence-electron chi connectivity index (χ0n) is 15.4. The molecule has 1 aromatic rings. The standard InChI is InChI=1S/C20H26N2O4/c1-4-11-21-18(23)15(3)26-20(25)16-9-12-22(13-10-16)19(24)17-8-6-5-7-14(17)2/h4-8,15-16H,1,9-13H2,2-3H3,(H,21,23)/t15-/m0/s1. The Morgan fingerprint density at radius 1 is 1.31 bits per heavy atom. The van der Waals surface area contributed by atoms with E-state index in [4.69, 9.17) is 4.74 Å². The monoisotopic (exact) mass is 358 g/mol. The molecule has 6 heteroatoms. The summed E-state index contributed by atoms with van der Waals surface area (Å²) >= 11 is 0. The zero-order chi connectivity index (χ0) is 19.1. The van der Waals surface area contributed by atoms with Crippen LogP contribution in [0.4, 0.5) is 0 Å². The molecule has 0 unspecified atom stereocenters. The Hall–Kier alpha value is -2.63. The summed E-state index contributed by atoms with van der Waals surface area (Å²) in [6.07, 6.45) is 1.80. The number of likely N-dealkylation sites (tertiary alicyclic amines) is 1. The van der Waals surface area contributed by atoms with Crippen LogP contribution in [0.1, 0.15) is 35.7 Å². The molecule has 0 saturated carbocycles. The highest BCUT2D eigenvalue weighted by Gasteiger charge is 2.30. The molecule has 0 radical (unpaired) electrons. The Kier molecular flexibility index (Phi) is 6.95. The van der Waals surface area contributed by atoms with Crippen molar-refractivity contribution in [3.05, 3.63) is 48.0 Å². The van der Waals surface area contributed by atoms with E-state index < -0.39 is 6.10 Å². The molecule has 1 saturated heterocycles. The molecule has 0 bridgehead atoms. The molecule has 1 aliphatic heterocycles. The molecule has 1 aliphatic rings. The Labute approximate surface area is 154 Å². The first-order valence-corrected chi connectivity index (χ1v) is 8.88. The maximum atomic E-state index is 12.6. The highest BCUT2D eigenvalue weighted by molar-refractivity contribution is 5.95. The fourth-order valence-electron chi connectivity index (χ4n) is 2.94. The lowest BCUT2D eigenvalue weighted by Crippen LogP contribution is -2.42. The largest absolute Gasteiger partial charge is 0.452 e. The van der Waals surface area contributed by atoms with Crippen molar-refractivity contribution in [1.82, 2.24) is 10.2 Å². The number of amides is 2. The molecule has 1 heterocycles. The first-order chi connectivity index (χ1) is 12.4. The van der Waals surface area contributed by atoms with Crippen molar-refractivity contribution in [1.29, 1.82) is 0 Å². The average Bonchev–Trinajstić information content (AvgIpc) is 2.66. The number of aryl methyl sites for hydroxylation is 1. The number of benzene rings is 1. The van der Waals surface area contributed by atoms with E-state index in [1.165, 1.54) is 0 Å². The molecule has 1 aromatic carbocycles. The second kappa shape index (κ2) is 9.17. The second-order valence-corrected chi connectivity index (χ2v) is 6.49. The van der Waals surface area contributed by atoms with E-state index in [0.29, 0.717) is 38.0 Å². The third-order valence-corrected chi connectivity index (χ3v) is 4.57. The average molecular weight is 358 g/mol. The van der Waals surface area contributed by atoms with E-state index in [2.05, 4.69) is 11.9 Å². The number of piperidine rings is 1. The van der Waals surface area contributed by atoms with Gasteiger partial charge in [0.05, 0.1) is 5.92 Å². The lowest BCUT2D eigenvalue weighted by molar-refractivity contribution is -0.159. The van der Waals surface area contributed by atoms with Crippen molar-refractivity contribution in [2.24, 2.45) is 5.92 Å². The van der Waals surface area contributed by atoms with Crippen molar-refractivity contribution in [3.8, 4) is 0 Å². The summed E-state index contributed by atoms with van der Waals surface area (Å²) in [4.78, 5) is 38.4. The summed E-state index contributed by atoms with van der Waals surface area (Å²) in [6.45, 7) is 8.32. The van der Waals surface area contributed by atoms with Crippen LogP contribution in [0.3, 0.4) is 0 Å². The predicted octanol–water partition coefficient (Wildman–Crippen LogP) is 2.08. The van der Waals surface area contributed by atoms with Gasteiger partial charge >= 0.3 is 5.97 Å². The minimum absolute atomic E-state index is 0.00733. The molecule has 0 spiro atoms. The number of carbonyl (C=O) groups is 3. The van der Waals surface area contributed by atoms with E-state index in [-0.39, 0.29) is 23.7 Å². The van der Waals surface area contributed by atoms with Gasteiger partial charge in [-0.1, -0.05) is 24.3 Å². The van der Waals surface area contributed by atoms with Gasteiger partial charge in [0, 0.05) is 25.2 Å². The van der Waals surface area contributed by atoms with E-state index in [1.807, 2.05) is 31.2 Å². The Bertz CT molecular complexity index is 678. The first-order valence-electron chi connectivity index (χ1n) is 8.88. The maximum absolute atomic E-state index is 12.6. The van der Waals surface area contributed by atoms with Gasteiger partial charge < -0.3 is 15.0 Å². The minimum atomic E-state index is -0.839. The van der Waals surface area contributed by atoms with Crippen LogP contribution in [0.15, 0.2) is 36.9 Å². The third-order valence-electron chi connectivity index (χ3n) is 4.57. The minimum Gasteiger partial charge on any atom is -0.452 e. The van der Waals surface area contributed by atoms with E-state index in [1.54, 1.807) is 17.9 Å². The highest BCUT2D eigenvalue weighted by atomic mass is 16.5. The molecule has 140 valence electrons. The molecule has 1 fully saturated rings. The van der Waals surface area contributed by atoms with Crippen molar-refractivity contribution in [3.63, 3.8) is 0 Å². The summed E-state index contributed by atoms with van der Waals surface area (Å²) in [5, 5.41) is 2.60. The molecule has 0 aromatic heterocycles. The van der Waals surface area contributed by atoms with Crippen LogP contribution in [-0.4, -0.2) is 48.4 Å². The SMILES string of the molecule is C=CCNC(=O)[C@H](C)OC(=O)C1CCN(C(=O)c2ccccc2C)CC1. The van der Waals surface area contributed by atoms with Crippen LogP contribution in [0, 0.1) is 12.8 Å². The number of hydrogen-bond acceptors (Lipinski definition) is 4. The fourth-order valence-corrected chi connectivity index (χ4v) is 2.94. The van der Waals surface area contributed by atoms with Gasteiger partial charge in [-0.3, -0.25) is 14.4 Å². The molecule has 2 amide bonds. The van der Waals surface area contributed by atoms with Crippen LogP contribution in [0.2, 0.25) is 0 Å². The van der Waals surface area contributed by atoms with E-state index in [9.17, 15) is 14.4 Å². The zero-order valence-corrected chi connectivity index (χ0v) is 15.4. The number of nitrogens with one attached hydrogen (secondary N) is 1. The Balaban J connectivity index is 1.85. The van der Waals surface area contributed by atoms with Gasteiger partial charge in [-0.25, -0.2) is 0 Å². The third kappa shape index (κ3) is 4.94. The number of hydrogen-bond donors (Lipinski definition) is 1. The number of ether oxygens (including phenoxy) is 1. The smallest absolute Gasteiger partial charge is 0.309 e. The number of carbonyl (C=O) groups excluding carboxylic acids is 3. The molecule has 2 rings (SSSR count). The predicted molar refractivity (Wildman–Crippen MR) is 98.6 cm³/mol. The molecule has 6 nitrogen and oxygen atoms in total. The normalized spacial score (nSPS) is 15.8. The van der Waals surface area contributed by atoms with Crippen LogP contribution < -0.4 is 5.32 Å². The van der Waals surface area contributed by atoms with Crippen molar-refractivity contribution in [2.75, 3.05) is 19.6 Å². The molecule has 0 aliphatic carbocycles. The number of rotatable bonds is 6. The Morgan fingerprint density at radius 2 is 1.96 bits per heavy atom. The van der Waals surface area contributed by atoms with Gasteiger partial charge in [0.1, 0.15) is 0 Å². The van der Waals surface area contributed by atoms with Gasteiger partial charge in [0.2, 0.25) is 0 Å². The van der Waals surface area contributed by atoms with Crippen LogP contribution in [0.25, 0.3) is 0 Å². The van der Waals surface area contributed by atoms with E-state index >= 15 is 0 Å². The Morgan fingerprint density at radius 3 is 2.58 bits per heavy atom. The number of esters is 1. The molecule has 1 N–H and O–H groups in total. The van der Waals surface area contributed by atoms with Crippen LogP contribution in [-0.2, 0) is 14.3 Å². The molecular weight excluding hydrogens is 332 g/mol. The van der Waals surface area contributed by atoms with Gasteiger partial charge in [0.15, 0.2) is 6.10 Å². The summed E-state index contributed by atoms with van der Waals surface area (Å²) < 4.78 is 5.26. The van der Waals surface area contributed by atoms with Crippen molar-refractivity contribution in [2.45, 2.75) is 32.8 Å². The number of nitrogens with zero attached hydrogens (tertiary/aromatic N) is 1. The summed E-state index contributed by atoms with van der Waals surface area (Å²) in [5.74, 6) is -1.02. The summed E-state index contributed by atoms with van der Waals surface area (Å²) in [7, 11) is 0. The van der Waals surface area contributed by atoms with Gasteiger partial charge in [-0.2, -0.15) is 0 Å². The lowest BCUT2D eigenvalue weighted by Gasteiger charge is -2.31. The lowest BCUT2D eigenvalue weighted by atomic mass is 9.96. The maximum Gasteiger partial charge on any atom is 0.309 e. The summed E-state index contributed by atoms with van der Waals surface area (Å²) in [6, 6.07) is 7.49. The summed E-state index contributed by atoms with van der Waals surface area (Å²) in [5.41, 5.74) is 1.64. The second-order valence-electron chi connectivity index (χ2n) is 6.49. The topological polar surface area (TPSA) is 75.7 Å². The van der Waals surface area contributed by atoms with Crippen LogP contribution in [0.5, 0.6) is 0 Å². The molecule has 1 atom stereocenters. The fraction of sp³-hybridized carbons (Fsp3) is 0.450. The van der Waals surface area contributed by atoms with Gasteiger partial charge in [-0.15, -0.1) is 6.58 Å². The van der Waals surface area contributed by atoms with Gasteiger partial charge in [0.25, 0.3) is 11.8 Å². The molecular formula is C20H26N2O4. The van der Waals surface area contributed by atoms with Crippen LogP contribution >= 0.6 is 0 Å². The van der Waals surface area contributed by atoms with Crippen molar-refractivity contribution >= 4 is 17.8 Å². The quantitative estimate of drug-likeness (QED) is 0.624. The molecule has 26 heavy (non-hydrogen) atoms.